The second-order valence-electron chi connectivity index (χ2n) is 8.35. The zero-order valence-electron chi connectivity index (χ0n) is 16.3. The Morgan fingerprint density at radius 2 is 1.70 bits per heavy atom. The fourth-order valence-electron chi connectivity index (χ4n) is 5.67. The van der Waals surface area contributed by atoms with Gasteiger partial charge < -0.3 is 18.9 Å². The van der Waals surface area contributed by atoms with Gasteiger partial charge in [-0.05, 0) is 5.56 Å². The molecule has 5 rings (SSSR count). The van der Waals surface area contributed by atoms with E-state index in [0.29, 0.717) is 26.1 Å². The first-order valence-electron chi connectivity index (χ1n) is 10.0. The van der Waals surface area contributed by atoms with Crippen molar-refractivity contribution in [3.05, 3.63) is 35.9 Å². The van der Waals surface area contributed by atoms with Gasteiger partial charge in [0.2, 0.25) is 11.7 Å². The average molecular weight is 404 g/mol. The minimum absolute atomic E-state index is 0.228. The standard InChI is InChI=1S/C22H20N4O4/c23-12-19(13-24)17(10-15-4-2-1-3-5-15)29-22-7-6-20(27-8-9-28-20)11-16(22)21(19,14-25)18(26)30-22/h1-5,16-17,26H,6-11H2. The highest BCUT2D eigenvalue weighted by Gasteiger charge is 2.82. The molecule has 30 heavy (non-hydrogen) atoms. The summed E-state index contributed by atoms with van der Waals surface area (Å²) in [4.78, 5) is 0. The summed E-state index contributed by atoms with van der Waals surface area (Å²) in [6, 6.07) is 15.7. The van der Waals surface area contributed by atoms with Crippen molar-refractivity contribution >= 4 is 5.90 Å². The van der Waals surface area contributed by atoms with Crippen LogP contribution >= 0.6 is 0 Å². The van der Waals surface area contributed by atoms with Crippen LogP contribution < -0.4 is 0 Å². The van der Waals surface area contributed by atoms with Crippen molar-refractivity contribution in [1.29, 1.82) is 21.2 Å². The highest BCUT2D eigenvalue weighted by molar-refractivity contribution is 5.89. The fraction of sp³-hybridized carbons (Fsp3) is 0.545. The fourth-order valence-corrected chi connectivity index (χ4v) is 5.67. The molecule has 3 saturated heterocycles. The molecule has 8 nitrogen and oxygen atoms in total. The maximum atomic E-state index is 10.4. The highest BCUT2D eigenvalue weighted by Crippen LogP contribution is 2.68. The van der Waals surface area contributed by atoms with Crippen molar-refractivity contribution in [2.24, 2.45) is 16.7 Å². The Bertz CT molecular complexity index is 1000. The van der Waals surface area contributed by atoms with Crippen LogP contribution in [-0.4, -0.2) is 36.8 Å². The molecule has 3 aliphatic heterocycles. The van der Waals surface area contributed by atoms with Crippen LogP contribution in [0.4, 0.5) is 0 Å². The van der Waals surface area contributed by atoms with E-state index in [2.05, 4.69) is 18.2 Å². The van der Waals surface area contributed by atoms with Gasteiger partial charge in [-0.2, -0.15) is 15.8 Å². The van der Waals surface area contributed by atoms with Crippen molar-refractivity contribution < 1.29 is 18.9 Å². The highest BCUT2D eigenvalue weighted by atomic mass is 16.7. The van der Waals surface area contributed by atoms with Gasteiger partial charge in [0, 0.05) is 25.7 Å². The number of hydrogen-bond acceptors (Lipinski definition) is 8. The molecule has 4 aliphatic rings. The summed E-state index contributed by atoms with van der Waals surface area (Å²) in [5.74, 6) is -3.23. The maximum absolute atomic E-state index is 10.4. The van der Waals surface area contributed by atoms with E-state index in [1.807, 2.05) is 30.3 Å². The predicted molar refractivity (Wildman–Crippen MR) is 100 cm³/mol. The molecule has 1 saturated carbocycles. The summed E-state index contributed by atoms with van der Waals surface area (Å²) < 4.78 is 24.0. The second-order valence-corrected chi connectivity index (χ2v) is 8.35. The number of nitriles is 3. The van der Waals surface area contributed by atoms with Gasteiger partial charge in [-0.3, -0.25) is 5.41 Å². The molecular formula is C22H20N4O4. The largest absolute Gasteiger partial charge is 0.447 e. The summed E-state index contributed by atoms with van der Waals surface area (Å²) >= 11 is 0. The van der Waals surface area contributed by atoms with Crippen LogP contribution in [0.5, 0.6) is 0 Å². The number of benzene rings is 1. The van der Waals surface area contributed by atoms with Crippen LogP contribution in [0.15, 0.2) is 30.3 Å². The number of ether oxygens (including phenoxy) is 4. The molecule has 1 aromatic rings. The Kier molecular flexibility index (Phi) is 3.98. The molecule has 2 bridgehead atoms. The lowest BCUT2D eigenvalue weighted by Gasteiger charge is -2.54. The van der Waals surface area contributed by atoms with Gasteiger partial charge >= 0.3 is 0 Å². The summed E-state index contributed by atoms with van der Waals surface area (Å²) in [5, 5.41) is 39.5. The van der Waals surface area contributed by atoms with E-state index < -0.39 is 34.4 Å². The molecule has 4 unspecified atom stereocenters. The maximum Gasteiger partial charge on any atom is 0.217 e. The van der Waals surface area contributed by atoms with Crippen LogP contribution in [0.25, 0.3) is 0 Å². The second kappa shape index (κ2) is 6.27. The summed E-state index contributed by atoms with van der Waals surface area (Å²) in [5.41, 5.74) is -2.80. The SMILES string of the molecule is N#CC1(C#N)C(Cc2ccccc2)OC23CCC4(CC2C1(C#N)C(=N)O3)OCCO4. The van der Waals surface area contributed by atoms with E-state index in [4.69, 9.17) is 24.4 Å². The van der Waals surface area contributed by atoms with E-state index in [1.165, 1.54) is 0 Å². The number of rotatable bonds is 2. The van der Waals surface area contributed by atoms with Crippen LogP contribution in [-0.2, 0) is 25.4 Å². The van der Waals surface area contributed by atoms with Crippen molar-refractivity contribution in [1.82, 2.24) is 0 Å². The minimum atomic E-state index is -1.91. The van der Waals surface area contributed by atoms with E-state index in [9.17, 15) is 15.8 Å². The minimum Gasteiger partial charge on any atom is -0.447 e. The molecule has 1 aliphatic carbocycles. The molecule has 0 amide bonds. The molecule has 152 valence electrons. The van der Waals surface area contributed by atoms with Crippen molar-refractivity contribution in [3.63, 3.8) is 0 Å². The molecule has 8 heteroatoms. The molecule has 1 N–H and O–H groups in total. The first-order chi connectivity index (χ1) is 14.5. The van der Waals surface area contributed by atoms with Gasteiger partial charge in [0.1, 0.15) is 6.10 Å². The lowest BCUT2D eigenvalue weighted by Crippen LogP contribution is -2.66. The monoisotopic (exact) mass is 404 g/mol. The smallest absolute Gasteiger partial charge is 0.217 e. The lowest BCUT2D eigenvalue weighted by atomic mass is 9.51. The van der Waals surface area contributed by atoms with E-state index in [-0.39, 0.29) is 18.7 Å². The molecule has 0 radical (unpaired) electrons. The number of hydrogen-bond donors (Lipinski definition) is 1. The summed E-state index contributed by atoms with van der Waals surface area (Å²) in [7, 11) is 0. The van der Waals surface area contributed by atoms with Crippen molar-refractivity contribution in [2.45, 2.75) is 43.4 Å². The van der Waals surface area contributed by atoms with E-state index in [0.717, 1.165) is 5.56 Å². The van der Waals surface area contributed by atoms with E-state index in [1.54, 1.807) is 0 Å². The summed E-state index contributed by atoms with van der Waals surface area (Å²) in [6.45, 7) is 0.882. The third kappa shape index (κ3) is 2.15. The zero-order chi connectivity index (χ0) is 21.0. The zero-order valence-corrected chi connectivity index (χ0v) is 16.3. The third-order valence-corrected chi connectivity index (χ3v) is 7.11. The molecule has 4 atom stereocenters. The number of nitrogens with zero attached hydrogens (tertiary/aromatic N) is 3. The Labute approximate surface area is 174 Å². The Hall–Kier alpha value is -2.96. The lowest BCUT2D eigenvalue weighted by molar-refractivity contribution is -0.328. The van der Waals surface area contributed by atoms with Crippen LogP contribution in [0.2, 0.25) is 0 Å². The quantitative estimate of drug-likeness (QED) is 0.800. The van der Waals surface area contributed by atoms with Gasteiger partial charge in [-0.15, -0.1) is 0 Å². The van der Waals surface area contributed by atoms with Gasteiger partial charge in [0.15, 0.2) is 16.6 Å². The molecule has 0 aromatic heterocycles. The molecule has 1 aromatic carbocycles. The third-order valence-electron chi connectivity index (χ3n) is 7.11. The first kappa shape index (κ1) is 19.0. The van der Waals surface area contributed by atoms with E-state index >= 15 is 0 Å². The van der Waals surface area contributed by atoms with Crippen molar-refractivity contribution in [2.75, 3.05) is 13.2 Å². The Morgan fingerprint density at radius 3 is 2.33 bits per heavy atom. The Balaban J connectivity index is 1.65. The van der Waals surface area contributed by atoms with Gasteiger partial charge in [0.05, 0.1) is 37.3 Å². The van der Waals surface area contributed by atoms with Gasteiger partial charge in [0.25, 0.3) is 0 Å². The average Bonchev–Trinajstić information content (AvgIpc) is 3.29. The Morgan fingerprint density at radius 1 is 1.00 bits per heavy atom. The first-order valence-corrected chi connectivity index (χ1v) is 10.0. The van der Waals surface area contributed by atoms with Crippen LogP contribution in [0.1, 0.15) is 24.8 Å². The molecule has 3 heterocycles. The molecule has 4 fully saturated rings. The summed E-state index contributed by atoms with van der Waals surface area (Å²) in [6.07, 6.45) is 0.401. The molecule has 1 spiro atoms. The van der Waals surface area contributed by atoms with Gasteiger partial charge in [-0.1, -0.05) is 30.3 Å². The van der Waals surface area contributed by atoms with Crippen LogP contribution in [0.3, 0.4) is 0 Å². The topological polar surface area (TPSA) is 132 Å². The normalized spacial score (nSPS) is 37.4. The van der Waals surface area contributed by atoms with Crippen molar-refractivity contribution in [3.8, 4) is 18.2 Å². The van der Waals surface area contributed by atoms with Gasteiger partial charge in [-0.25, -0.2) is 0 Å². The number of nitrogens with one attached hydrogen (secondary N) is 1. The molecular weight excluding hydrogens is 384 g/mol. The van der Waals surface area contributed by atoms with Crippen LogP contribution in [0, 0.1) is 56.2 Å². The predicted octanol–water partition coefficient (Wildman–Crippen LogP) is 2.42.